The Bertz CT molecular complexity index is 764. The fraction of sp³-hybridized carbons (Fsp3) is 0.158. The van der Waals surface area contributed by atoms with Gasteiger partial charge in [-0.05, 0) is 46.1 Å². The summed E-state index contributed by atoms with van der Waals surface area (Å²) in [5, 5.41) is 6.64. The minimum atomic E-state index is 0.813. The van der Waals surface area contributed by atoms with Gasteiger partial charge in [0.2, 0.25) is 0 Å². The Hall–Kier alpha value is -1.83. The first-order valence-electron chi connectivity index (χ1n) is 7.26. The predicted molar refractivity (Wildman–Crippen MR) is 91.8 cm³/mol. The van der Waals surface area contributed by atoms with E-state index in [1.807, 2.05) is 0 Å². The number of fused-ring (bicyclic) bond motifs is 1. The molecule has 3 aromatic rings. The molecule has 0 fully saturated rings. The van der Waals surface area contributed by atoms with E-state index >= 15 is 0 Å². The number of benzene rings is 3. The minimum absolute atomic E-state index is 0.813. The molecule has 0 amide bonds. The minimum Gasteiger partial charge on any atom is -0.313 e. The van der Waals surface area contributed by atoms with E-state index in [1.165, 1.54) is 16.3 Å². The molecule has 0 aliphatic carbocycles. The lowest BCUT2D eigenvalue weighted by Crippen LogP contribution is -2.11. The number of nitrogens with one attached hydrogen (secondary N) is 1. The Morgan fingerprint density at radius 1 is 0.857 bits per heavy atom. The van der Waals surface area contributed by atoms with Crippen molar-refractivity contribution in [3.05, 3.63) is 71.2 Å². The summed E-state index contributed by atoms with van der Waals surface area (Å²) in [7, 11) is 0. The van der Waals surface area contributed by atoms with Crippen molar-refractivity contribution in [1.82, 2.24) is 5.32 Å². The Labute approximate surface area is 130 Å². The fourth-order valence-electron chi connectivity index (χ4n) is 2.50. The molecular formula is C19H18ClN. The van der Waals surface area contributed by atoms with Crippen LogP contribution in [0.1, 0.15) is 12.5 Å². The molecule has 0 aliphatic rings. The van der Waals surface area contributed by atoms with Crippen LogP contribution in [-0.4, -0.2) is 6.54 Å². The van der Waals surface area contributed by atoms with Crippen molar-refractivity contribution in [2.75, 3.05) is 6.54 Å². The normalized spacial score (nSPS) is 11.0. The van der Waals surface area contributed by atoms with E-state index in [0.717, 1.165) is 29.2 Å². The summed E-state index contributed by atoms with van der Waals surface area (Å²) in [5.41, 5.74) is 3.50. The van der Waals surface area contributed by atoms with Crippen molar-refractivity contribution in [1.29, 1.82) is 0 Å². The molecule has 0 aliphatic heterocycles. The average molecular weight is 296 g/mol. The molecule has 0 saturated carbocycles. The summed E-state index contributed by atoms with van der Waals surface area (Å²) in [4.78, 5) is 0. The Kier molecular flexibility index (Phi) is 4.23. The van der Waals surface area contributed by atoms with Crippen LogP contribution in [0.25, 0.3) is 21.9 Å². The summed E-state index contributed by atoms with van der Waals surface area (Å²) in [6.45, 7) is 3.85. The van der Waals surface area contributed by atoms with Crippen molar-refractivity contribution in [2.45, 2.75) is 13.5 Å². The van der Waals surface area contributed by atoms with Gasteiger partial charge in [0.15, 0.2) is 0 Å². The van der Waals surface area contributed by atoms with Crippen molar-refractivity contribution >= 4 is 22.4 Å². The third kappa shape index (κ3) is 3.10. The highest BCUT2D eigenvalue weighted by molar-refractivity contribution is 6.31. The van der Waals surface area contributed by atoms with E-state index < -0.39 is 0 Å². The second-order valence-corrected chi connectivity index (χ2v) is 5.56. The number of rotatable bonds is 4. The summed E-state index contributed by atoms with van der Waals surface area (Å²) < 4.78 is 0. The van der Waals surface area contributed by atoms with E-state index in [2.05, 4.69) is 72.9 Å². The number of hydrogen-bond donors (Lipinski definition) is 1. The van der Waals surface area contributed by atoms with Crippen LogP contribution in [0.5, 0.6) is 0 Å². The van der Waals surface area contributed by atoms with Crippen LogP contribution >= 0.6 is 11.6 Å². The average Bonchev–Trinajstić information content (AvgIpc) is 2.53. The number of halogens is 1. The molecule has 0 bridgehead atoms. The summed E-state index contributed by atoms with van der Waals surface area (Å²) in [5.74, 6) is 0. The lowest BCUT2D eigenvalue weighted by Gasteiger charge is -2.09. The second-order valence-electron chi connectivity index (χ2n) is 5.15. The summed E-state index contributed by atoms with van der Waals surface area (Å²) in [6, 6.07) is 21.2. The molecule has 0 saturated heterocycles. The van der Waals surface area contributed by atoms with Crippen molar-refractivity contribution in [2.24, 2.45) is 0 Å². The third-order valence-corrected chi connectivity index (χ3v) is 4.05. The molecular weight excluding hydrogens is 278 g/mol. The zero-order valence-corrected chi connectivity index (χ0v) is 12.8. The standard InChI is InChI=1S/C19H18ClN/c1-2-21-13-18-10-9-17(12-19(18)20)16-8-7-14-5-3-4-6-15(14)11-16/h3-12,21H,2,13H2,1H3. The fourth-order valence-corrected chi connectivity index (χ4v) is 2.75. The SMILES string of the molecule is CCNCc1ccc(-c2ccc3ccccc3c2)cc1Cl. The van der Waals surface area contributed by atoms with Gasteiger partial charge in [-0.1, -0.05) is 67.1 Å². The van der Waals surface area contributed by atoms with Crippen molar-refractivity contribution < 1.29 is 0 Å². The molecule has 3 aromatic carbocycles. The Balaban J connectivity index is 1.96. The predicted octanol–water partition coefficient (Wildman–Crippen LogP) is 5.27. The molecule has 0 unspecified atom stereocenters. The molecule has 0 heterocycles. The highest BCUT2D eigenvalue weighted by Gasteiger charge is 2.04. The van der Waals surface area contributed by atoms with Gasteiger partial charge in [0.05, 0.1) is 0 Å². The van der Waals surface area contributed by atoms with E-state index in [-0.39, 0.29) is 0 Å². The van der Waals surface area contributed by atoms with Gasteiger partial charge in [-0.3, -0.25) is 0 Å². The molecule has 1 nitrogen and oxygen atoms in total. The Morgan fingerprint density at radius 2 is 1.57 bits per heavy atom. The largest absolute Gasteiger partial charge is 0.313 e. The van der Waals surface area contributed by atoms with E-state index in [1.54, 1.807) is 0 Å². The molecule has 0 spiro atoms. The number of hydrogen-bond acceptors (Lipinski definition) is 1. The summed E-state index contributed by atoms with van der Waals surface area (Å²) in [6.07, 6.45) is 0. The van der Waals surface area contributed by atoms with Gasteiger partial charge in [-0.15, -0.1) is 0 Å². The van der Waals surface area contributed by atoms with E-state index in [4.69, 9.17) is 11.6 Å². The highest BCUT2D eigenvalue weighted by atomic mass is 35.5. The third-order valence-electron chi connectivity index (χ3n) is 3.70. The van der Waals surface area contributed by atoms with Gasteiger partial charge in [0, 0.05) is 11.6 Å². The van der Waals surface area contributed by atoms with Crippen LogP contribution in [0.3, 0.4) is 0 Å². The van der Waals surface area contributed by atoms with Crippen LogP contribution in [0, 0.1) is 0 Å². The monoisotopic (exact) mass is 295 g/mol. The van der Waals surface area contributed by atoms with E-state index in [0.29, 0.717) is 0 Å². The van der Waals surface area contributed by atoms with E-state index in [9.17, 15) is 0 Å². The van der Waals surface area contributed by atoms with Crippen molar-refractivity contribution in [3.8, 4) is 11.1 Å². The molecule has 2 heteroatoms. The highest BCUT2D eigenvalue weighted by Crippen LogP contribution is 2.28. The topological polar surface area (TPSA) is 12.0 Å². The van der Waals surface area contributed by atoms with Gasteiger partial charge >= 0.3 is 0 Å². The zero-order valence-electron chi connectivity index (χ0n) is 12.1. The smallest absolute Gasteiger partial charge is 0.0457 e. The van der Waals surface area contributed by atoms with Crippen LogP contribution in [-0.2, 0) is 6.54 Å². The molecule has 0 aromatic heterocycles. The van der Waals surface area contributed by atoms with Gasteiger partial charge < -0.3 is 5.32 Å². The maximum atomic E-state index is 6.39. The van der Waals surface area contributed by atoms with Crippen molar-refractivity contribution in [3.63, 3.8) is 0 Å². The lowest BCUT2D eigenvalue weighted by molar-refractivity contribution is 0.727. The zero-order chi connectivity index (χ0) is 14.7. The first kappa shape index (κ1) is 14.1. The molecule has 1 N–H and O–H groups in total. The van der Waals surface area contributed by atoms with Gasteiger partial charge in [0.25, 0.3) is 0 Å². The van der Waals surface area contributed by atoms with Crippen LogP contribution in [0.15, 0.2) is 60.7 Å². The van der Waals surface area contributed by atoms with Gasteiger partial charge in [-0.25, -0.2) is 0 Å². The maximum Gasteiger partial charge on any atom is 0.0457 e. The molecule has 0 atom stereocenters. The molecule has 0 radical (unpaired) electrons. The van der Waals surface area contributed by atoms with Crippen LogP contribution in [0.4, 0.5) is 0 Å². The second kappa shape index (κ2) is 6.30. The maximum absolute atomic E-state index is 6.39. The molecule has 21 heavy (non-hydrogen) atoms. The quantitative estimate of drug-likeness (QED) is 0.691. The first-order chi connectivity index (χ1) is 10.3. The van der Waals surface area contributed by atoms with Gasteiger partial charge in [0.1, 0.15) is 0 Å². The van der Waals surface area contributed by atoms with Crippen LogP contribution < -0.4 is 5.32 Å². The van der Waals surface area contributed by atoms with Crippen LogP contribution in [0.2, 0.25) is 5.02 Å². The lowest BCUT2D eigenvalue weighted by atomic mass is 10.0. The summed E-state index contributed by atoms with van der Waals surface area (Å²) >= 11 is 6.39. The molecule has 106 valence electrons. The van der Waals surface area contributed by atoms with Gasteiger partial charge in [-0.2, -0.15) is 0 Å². The molecule has 3 rings (SSSR count). The first-order valence-corrected chi connectivity index (χ1v) is 7.64. The Morgan fingerprint density at radius 3 is 2.33 bits per heavy atom.